The van der Waals surface area contributed by atoms with Gasteiger partial charge in [-0.3, -0.25) is 9.69 Å². The first-order valence-electron chi connectivity index (χ1n) is 9.96. The van der Waals surface area contributed by atoms with Crippen LogP contribution in [0.5, 0.6) is 11.5 Å². The summed E-state index contributed by atoms with van der Waals surface area (Å²) in [5.74, 6) is 1.28. The molecule has 1 fully saturated rings. The minimum Gasteiger partial charge on any atom is -0.489 e. The molecule has 3 heterocycles. The fourth-order valence-corrected chi connectivity index (χ4v) is 4.28. The number of benzene rings is 1. The second-order valence-corrected chi connectivity index (χ2v) is 7.55. The molecule has 4 rings (SSSR count). The van der Waals surface area contributed by atoms with Crippen LogP contribution in [-0.2, 0) is 20.9 Å². The van der Waals surface area contributed by atoms with Crippen molar-refractivity contribution in [3.63, 3.8) is 0 Å². The molecule has 0 aromatic heterocycles. The highest BCUT2D eigenvalue weighted by atomic mass is 16.7. The average Bonchev–Trinajstić information content (AvgIpc) is 3.14. The minimum atomic E-state index is -0.532. The molecule has 3 aliphatic rings. The van der Waals surface area contributed by atoms with Crippen LogP contribution in [0.2, 0.25) is 0 Å². The highest BCUT2D eigenvalue weighted by molar-refractivity contribution is 5.81. The number of anilines is 1. The average molecular weight is 402 g/mol. The van der Waals surface area contributed by atoms with Gasteiger partial charge in [0.05, 0.1) is 24.8 Å². The van der Waals surface area contributed by atoms with Crippen molar-refractivity contribution in [2.24, 2.45) is 0 Å². The molecule has 1 N–H and O–H groups in total. The van der Waals surface area contributed by atoms with Crippen LogP contribution in [0.25, 0.3) is 0 Å². The van der Waals surface area contributed by atoms with Gasteiger partial charge in [-0.05, 0) is 12.5 Å². The van der Waals surface area contributed by atoms with Crippen molar-refractivity contribution in [3.8, 4) is 11.5 Å². The molecule has 0 spiro atoms. The molecule has 9 nitrogen and oxygen atoms in total. The van der Waals surface area contributed by atoms with Crippen molar-refractivity contribution in [1.29, 1.82) is 0 Å². The van der Waals surface area contributed by atoms with E-state index in [-0.39, 0.29) is 11.9 Å². The second-order valence-electron chi connectivity index (χ2n) is 7.55. The summed E-state index contributed by atoms with van der Waals surface area (Å²) in [6.45, 7) is 3.94. The molecule has 0 saturated carbocycles. The number of ether oxygens (including phenoxy) is 1. The van der Waals surface area contributed by atoms with Crippen LogP contribution >= 0.6 is 0 Å². The van der Waals surface area contributed by atoms with Crippen LogP contribution < -0.4 is 19.8 Å². The largest absolute Gasteiger partial charge is 0.489 e. The Hall–Kier alpha value is -2.65. The Morgan fingerprint density at radius 2 is 2.14 bits per heavy atom. The number of likely N-dealkylation sites (N-methyl/N-ethyl adjacent to an activating group) is 1. The summed E-state index contributed by atoms with van der Waals surface area (Å²) >= 11 is 0. The number of nitrogens with one attached hydrogen (secondary N) is 1. The van der Waals surface area contributed by atoms with Crippen molar-refractivity contribution in [1.82, 2.24) is 15.3 Å². The number of hydrogen-bond donors (Lipinski definition) is 1. The summed E-state index contributed by atoms with van der Waals surface area (Å²) < 4.78 is 5.99. The van der Waals surface area contributed by atoms with Crippen molar-refractivity contribution in [2.75, 3.05) is 44.7 Å². The van der Waals surface area contributed by atoms with Gasteiger partial charge in [0.25, 0.3) is 0 Å². The molecule has 1 amide bonds. The van der Waals surface area contributed by atoms with E-state index in [2.05, 4.69) is 21.2 Å². The monoisotopic (exact) mass is 402 g/mol. The molecule has 29 heavy (non-hydrogen) atoms. The van der Waals surface area contributed by atoms with Crippen LogP contribution in [0.4, 0.5) is 5.69 Å². The molecule has 156 valence electrons. The summed E-state index contributed by atoms with van der Waals surface area (Å²) in [6.07, 6.45) is 2.45. The third kappa shape index (κ3) is 3.79. The summed E-state index contributed by atoms with van der Waals surface area (Å²) in [7, 11) is 1.58. The molecule has 2 atom stereocenters. The van der Waals surface area contributed by atoms with Gasteiger partial charge in [-0.2, -0.15) is 0 Å². The minimum absolute atomic E-state index is 0.174. The number of hydroxylamine groups is 2. The molecule has 1 aromatic rings. The predicted molar refractivity (Wildman–Crippen MR) is 105 cm³/mol. The van der Waals surface area contributed by atoms with E-state index in [0.29, 0.717) is 38.3 Å². The molecule has 3 aliphatic heterocycles. The number of aldehydes is 2. The van der Waals surface area contributed by atoms with E-state index in [1.165, 1.54) is 0 Å². The van der Waals surface area contributed by atoms with Gasteiger partial charge in [0.2, 0.25) is 5.91 Å². The Morgan fingerprint density at radius 1 is 1.28 bits per heavy atom. The first kappa shape index (κ1) is 19.7. The first-order chi connectivity index (χ1) is 14.1. The molecule has 9 heteroatoms. The van der Waals surface area contributed by atoms with Crippen molar-refractivity contribution < 1.29 is 24.0 Å². The molecular weight excluding hydrogens is 376 g/mol. The lowest BCUT2D eigenvalue weighted by atomic mass is 10.1. The van der Waals surface area contributed by atoms with Gasteiger partial charge in [0.1, 0.15) is 31.0 Å². The second kappa shape index (κ2) is 8.38. The van der Waals surface area contributed by atoms with E-state index in [0.717, 1.165) is 49.2 Å². The molecule has 1 saturated heterocycles. The van der Waals surface area contributed by atoms with Gasteiger partial charge in [-0.1, -0.05) is 0 Å². The van der Waals surface area contributed by atoms with Gasteiger partial charge in [0, 0.05) is 44.7 Å². The van der Waals surface area contributed by atoms with Crippen molar-refractivity contribution in [2.45, 2.75) is 31.5 Å². The fourth-order valence-electron chi connectivity index (χ4n) is 4.28. The number of fused-ring (bicyclic) bond motifs is 4. The topological polar surface area (TPSA) is 91.4 Å². The van der Waals surface area contributed by atoms with Gasteiger partial charge < -0.3 is 29.4 Å². The van der Waals surface area contributed by atoms with Crippen LogP contribution in [0.1, 0.15) is 18.4 Å². The number of nitrogens with zero attached hydrogens (tertiary/aromatic N) is 3. The Labute approximate surface area is 169 Å². The van der Waals surface area contributed by atoms with E-state index < -0.39 is 6.04 Å². The zero-order valence-corrected chi connectivity index (χ0v) is 16.5. The third-order valence-corrected chi connectivity index (χ3v) is 5.78. The van der Waals surface area contributed by atoms with Crippen LogP contribution in [-0.4, -0.2) is 80.4 Å². The zero-order chi connectivity index (χ0) is 20.4. The number of carbonyl (C=O) groups excluding carboxylic acids is 3. The molecule has 1 aromatic carbocycles. The number of piperazine rings is 1. The number of rotatable bonds is 7. The summed E-state index contributed by atoms with van der Waals surface area (Å²) in [6, 6.07) is 3.64. The summed E-state index contributed by atoms with van der Waals surface area (Å²) in [5, 5.41) is 4.28. The third-order valence-electron chi connectivity index (χ3n) is 5.78. The smallest absolute Gasteiger partial charge is 0.240 e. The van der Waals surface area contributed by atoms with Crippen molar-refractivity contribution >= 4 is 24.2 Å². The van der Waals surface area contributed by atoms with Gasteiger partial charge in [-0.25, -0.2) is 0 Å². The van der Waals surface area contributed by atoms with Gasteiger partial charge in [0.15, 0.2) is 5.75 Å². The van der Waals surface area contributed by atoms with E-state index in [9.17, 15) is 14.4 Å². The van der Waals surface area contributed by atoms with Crippen molar-refractivity contribution in [3.05, 3.63) is 17.7 Å². The van der Waals surface area contributed by atoms with Gasteiger partial charge in [-0.15, -0.1) is 5.06 Å². The van der Waals surface area contributed by atoms with E-state index in [1.807, 2.05) is 6.07 Å². The molecule has 0 bridgehead atoms. The van der Waals surface area contributed by atoms with E-state index in [1.54, 1.807) is 12.1 Å². The maximum absolute atomic E-state index is 12.3. The lowest BCUT2D eigenvalue weighted by Crippen LogP contribution is -2.57. The van der Waals surface area contributed by atoms with Crippen LogP contribution in [0.15, 0.2) is 12.1 Å². The Morgan fingerprint density at radius 3 is 2.90 bits per heavy atom. The molecule has 2 unspecified atom stereocenters. The summed E-state index contributed by atoms with van der Waals surface area (Å²) in [4.78, 5) is 44.3. The SMILES string of the molecule is CNC(=O)C(CCC=O)N1Cc2cc3c(cc2O1)OCC1CN(CC=O)CCN31. The zero-order valence-electron chi connectivity index (χ0n) is 16.5. The number of carbonyl (C=O) groups is 3. The Kier molecular flexibility index (Phi) is 5.68. The molecular formula is C20H26N4O5. The first-order valence-corrected chi connectivity index (χ1v) is 9.96. The predicted octanol–water partition coefficient (Wildman–Crippen LogP) is -0.0284. The standard InChI is InChI=1S/C20H26N4O5/c1-21-20(27)16(3-2-7-25)24-11-14-9-17-19(10-18(14)29-24)28-13-15-12-22(6-8-26)4-5-23(15)17/h7-10,15-16H,2-6,11-13H2,1H3,(H,21,27). The van der Waals surface area contributed by atoms with E-state index in [4.69, 9.17) is 9.57 Å². The number of amides is 1. The normalized spacial score (nSPS) is 21.8. The highest BCUT2D eigenvalue weighted by Crippen LogP contribution is 2.43. The lowest BCUT2D eigenvalue weighted by Gasteiger charge is -2.45. The van der Waals surface area contributed by atoms with Crippen LogP contribution in [0.3, 0.4) is 0 Å². The maximum Gasteiger partial charge on any atom is 0.240 e. The summed E-state index contributed by atoms with van der Waals surface area (Å²) in [5.41, 5.74) is 2.02. The van der Waals surface area contributed by atoms with E-state index >= 15 is 0 Å². The maximum atomic E-state index is 12.3. The quantitative estimate of drug-likeness (QED) is 0.636. The number of hydrogen-bond acceptors (Lipinski definition) is 8. The Balaban J connectivity index is 1.53. The Bertz CT molecular complexity index is 801. The van der Waals surface area contributed by atoms with Crippen LogP contribution in [0, 0.1) is 0 Å². The fraction of sp³-hybridized carbons (Fsp3) is 0.550. The van der Waals surface area contributed by atoms with Gasteiger partial charge >= 0.3 is 0 Å². The highest BCUT2D eigenvalue weighted by Gasteiger charge is 2.37. The molecule has 0 aliphatic carbocycles. The molecule has 0 radical (unpaired) electrons. The lowest BCUT2D eigenvalue weighted by molar-refractivity contribution is -0.142.